The third kappa shape index (κ3) is 3.75. The first-order valence-corrected chi connectivity index (χ1v) is 10.9. The first-order chi connectivity index (χ1) is 11.9. The quantitative estimate of drug-likeness (QED) is 0.738. The maximum Gasteiger partial charge on any atom is 0.338 e. The molecule has 1 atom stereocenters. The standard InChI is InChI=1S/C16H24N2O5S2/c1-2-7-18(10-11-4-3-8-23-11)25(21,22)16-14(15(19)20)12-5-6-17-9-13(12)24-16/h11,17H,2-10H2,1H3,(H,19,20)/t11-/m1/s1. The SMILES string of the molecule is CCCN(C[C@H]1CCCO1)S(=O)(=O)c1sc2c(c1C(=O)O)CCNC2. The molecule has 0 spiro atoms. The molecule has 0 aliphatic carbocycles. The van der Waals surface area contributed by atoms with E-state index in [1.54, 1.807) is 0 Å². The number of carboxylic acids is 1. The second kappa shape index (κ2) is 7.71. The molecule has 0 unspecified atom stereocenters. The molecule has 2 aliphatic rings. The van der Waals surface area contributed by atoms with Crippen LogP contribution in [0.5, 0.6) is 0 Å². The highest BCUT2D eigenvalue weighted by Gasteiger charge is 2.36. The highest BCUT2D eigenvalue weighted by molar-refractivity contribution is 7.91. The van der Waals surface area contributed by atoms with Gasteiger partial charge in [-0.3, -0.25) is 0 Å². The van der Waals surface area contributed by atoms with Crippen molar-refractivity contribution in [2.75, 3.05) is 26.2 Å². The van der Waals surface area contributed by atoms with Gasteiger partial charge in [-0.15, -0.1) is 11.3 Å². The number of carboxylic acid groups (broad SMARTS) is 1. The molecular weight excluding hydrogens is 364 g/mol. The molecule has 0 amide bonds. The van der Waals surface area contributed by atoms with E-state index in [2.05, 4.69) is 5.32 Å². The maximum atomic E-state index is 13.3. The van der Waals surface area contributed by atoms with E-state index >= 15 is 0 Å². The largest absolute Gasteiger partial charge is 0.478 e. The van der Waals surface area contributed by atoms with Gasteiger partial charge in [0.25, 0.3) is 10.0 Å². The highest BCUT2D eigenvalue weighted by Crippen LogP contribution is 2.36. The Morgan fingerprint density at radius 2 is 2.28 bits per heavy atom. The summed E-state index contributed by atoms with van der Waals surface area (Å²) in [5, 5.41) is 12.8. The average Bonchev–Trinajstić information content (AvgIpc) is 3.21. The number of carbonyl (C=O) groups is 1. The Morgan fingerprint density at radius 3 is 2.92 bits per heavy atom. The van der Waals surface area contributed by atoms with Crippen molar-refractivity contribution in [3.63, 3.8) is 0 Å². The van der Waals surface area contributed by atoms with Crippen LogP contribution in [0, 0.1) is 0 Å². The van der Waals surface area contributed by atoms with Crippen LogP contribution in [0.4, 0.5) is 0 Å². The third-order valence-electron chi connectivity index (χ3n) is 4.59. The number of fused-ring (bicyclic) bond motifs is 1. The van der Waals surface area contributed by atoms with Crippen LogP contribution in [-0.4, -0.2) is 56.1 Å². The number of hydrogen-bond donors (Lipinski definition) is 2. The van der Waals surface area contributed by atoms with Crippen molar-refractivity contribution >= 4 is 27.3 Å². The normalized spacial score (nSPS) is 20.8. The van der Waals surface area contributed by atoms with Crippen LogP contribution < -0.4 is 5.32 Å². The van der Waals surface area contributed by atoms with Crippen LogP contribution in [0.2, 0.25) is 0 Å². The Morgan fingerprint density at radius 1 is 1.48 bits per heavy atom. The second-order valence-corrected chi connectivity index (χ2v) is 9.63. The number of ether oxygens (including phenoxy) is 1. The van der Waals surface area contributed by atoms with Crippen LogP contribution in [0.1, 0.15) is 47.0 Å². The summed E-state index contributed by atoms with van der Waals surface area (Å²) < 4.78 is 33.5. The lowest BCUT2D eigenvalue weighted by Gasteiger charge is -2.24. The number of aromatic carboxylic acids is 1. The molecule has 0 radical (unpaired) electrons. The fourth-order valence-corrected chi connectivity index (χ4v) is 6.96. The number of thiophene rings is 1. The second-order valence-electron chi connectivity index (χ2n) is 6.40. The van der Waals surface area contributed by atoms with E-state index in [9.17, 15) is 18.3 Å². The van der Waals surface area contributed by atoms with E-state index < -0.39 is 16.0 Å². The number of nitrogens with zero attached hydrogens (tertiary/aromatic N) is 1. The van der Waals surface area contributed by atoms with Gasteiger partial charge in [0.15, 0.2) is 0 Å². The predicted octanol–water partition coefficient (Wildman–Crippen LogP) is 1.67. The van der Waals surface area contributed by atoms with E-state index in [-0.39, 0.29) is 22.4 Å². The summed E-state index contributed by atoms with van der Waals surface area (Å²) in [6, 6.07) is 0. The van der Waals surface area contributed by atoms with Crippen molar-refractivity contribution < 1.29 is 23.1 Å². The smallest absolute Gasteiger partial charge is 0.338 e. The molecule has 3 heterocycles. The van der Waals surface area contributed by atoms with Crippen molar-refractivity contribution in [1.82, 2.24) is 9.62 Å². The summed E-state index contributed by atoms with van der Waals surface area (Å²) in [4.78, 5) is 12.6. The zero-order valence-electron chi connectivity index (χ0n) is 14.3. The van der Waals surface area contributed by atoms with Crippen molar-refractivity contribution in [3.05, 3.63) is 16.0 Å². The lowest BCUT2D eigenvalue weighted by Crippen LogP contribution is -2.38. The van der Waals surface area contributed by atoms with Crippen LogP contribution in [0.3, 0.4) is 0 Å². The van der Waals surface area contributed by atoms with E-state index in [0.29, 0.717) is 44.6 Å². The molecule has 9 heteroatoms. The Balaban J connectivity index is 1.99. The molecule has 1 saturated heterocycles. The highest BCUT2D eigenvalue weighted by atomic mass is 32.2. The van der Waals surface area contributed by atoms with Crippen LogP contribution in [0.15, 0.2) is 4.21 Å². The molecule has 0 aromatic carbocycles. The molecule has 140 valence electrons. The van der Waals surface area contributed by atoms with E-state index in [4.69, 9.17) is 4.74 Å². The maximum absolute atomic E-state index is 13.3. The van der Waals surface area contributed by atoms with Gasteiger partial charge in [-0.2, -0.15) is 4.31 Å². The Bertz CT molecular complexity index is 738. The Kier molecular flexibility index (Phi) is 5.79. The van der Waals surface area contributed by atoms with Crippen LogP contribution >= 0.6 is 11.3 Å². The van der Waals surface area contributed by atoms with Gasteiger partial charge in [-0.05, 0) is 37.8 Å². The molecule has 0 bridgehead atoms. The molecule has 0 saturated carbocycles. The van der Waals surface area contributed by atoms with Crippen molar-refractivity contribution in [2.24, 2.45) is 0 Å². The zero-order valence-corrected chi connectivity index (χ0v) is 15.9. The van der Waals surface area contributed by atoms with Gasteiger partial charge in [-0.25, -0.2) is 13.2 Å². The number of nitrogens with one attached hydrogen (secondary N) is 1. The first kappa shape index (κ1) is 18.8. The molecule has 1 aromatic rings. The number of sulfonamides is 1. The molecule has 2 N–H and O–H groups in total. The van der Waals surface area contributed by atoms with Gasteiger partial charge in [-0.1, -0.05) is 6.92 Å². The van der Waals surface area contributed by atoms with E-state index in [1.807, 2.05) is 6.92 Å². The molecule has 2 aliphatic heterocycles. The number of hydrogen-bond acceptors (Lipinski definition) is 6. The predicted molar refractivity (Wildman–Crippen MR) is 94.7 cm³/mol. The summed E-state index contributed by atoms with van der Waals surface area (Å²) in [7, 11) is -3.86. The van der Waals surface area contributed by atoms with Crippen LogP contribution in [-0.2, 0) is 27.7 Å². The van der Waals surface area contributed by atoms with E-state index in [0.717, 1.165) is 29.1 Å². The number of rotatable bonds is 7. The molecule has 7 nitrogen and oxygen atoms in total. The first-order valence-electron chi connectivity index (χ1n) is 8.65. The molecule has 3 rings (SSSR count). The van der Waals surface area contributed by atoms with Gasteiger partial charge in [0.2, 0.25) is 0 Å². The molecular formula is C16H24N2O5S2. The Labute approximate surface area is 152 Å². The van der Waals surface area contributed by atoms with E-state index in [1.165, 1.54) is 4.31 Å². The van der Waals surface area contributed by atoms with Gasteiger partial charge >= 0.3 is 5.97 Å². The minimum atomic E-state index is -3.86. The van der Waals surface area contributed by atoms with Gasteiger partial charge in [0.05, 0.1) is 11.7 Å². The topological polar surface area (TPSA) is 95.9 Å². The molecule has 25 heavy (non-hydrogen) atoms. The lowest BCUT2D eigenvalue weighted by molar-refractivity contribution is 0.0692. The molecule has 1 fully saturated rings. The fraction of sp³-hybridized carbons (Fsp3) is 0.688. The van der Waals surface area contributed by atoms with Gasteiger partial charge in [0, 0.05) is 31.1 Å². The summed E-state index contributed by atoms with van der Waals surface area (Å²) in [6.07, 6.45) is 2.88. The molecule has 1 aromatic heterocycles. The lowest BCUT2D eigenvalue weighted by atomic mass is 10.1. The minimum absolute atomic E-state index is 0.0276. The minimum Gasteiger partial charge on any atom is -0.478 e. The summed E-state index contributed by atoms with van der Waals surface area (Å²) >= 11 is 1.10. The summed E-state index contributed by atoms with van der Waals surface area (Å²) in [5.41, 5.74) is 0.637. The van der Waals surface area contributed by atoms with Crippen LogP contribution in [0.25, 0.3) is 0 Å². The van der Waals surface area contributed by atoms with Crippen molar-refractivity contribution in [3.8, 4) is 0 Å². The van der Waals surface area contributed by atoms with Crippen molar-refractivity contribution in [1.29, 1.82) is 0 Å². The average molecular weight is 389 g/mol. The third-order valence-corrected chi connectivity index (χ3v) is 8.18. The summed E-state index contributed by atoms with van der Waals surface area (Å²) in [6.45, 7) is 4.41. The zero-order chi connectivity index (χ0) is 18.0. The Hall–Kier alpha value is -1.00. The van der Waals surface area contributed by atoms with Crippen molar-refractivity contribution in [2.45, 2.75) is 49.5 Å². The fourth-order valence-electron chi connectivity index (χ4n) is 3.40. The van der Waals surface area contributed by atoms with Gasteiger partial charge < -0.3 is 15.2 Å². The van der Waals surface area contributed by atoms with Gasteiger partial charge in [0.1, 0.15) is 4.21 Å². The monoisotopic (exact) mass is 388 g/mol. The summed E-state index contributed by atoms with van der Waals surface area (Å²) in [5.74, 6) is -1.16.